The maximum absolute atomic E-state index is 13.2. The molecular weight excluding hydrogens is 353 g/mol. The van der Waals surface area contributed by atoms with Crippen LogP contribution in [0.15, 0.2) is 46.9 Å². The maximum atomic E-state index is 13.2. The van der Waals surface area contributed by atoms with Crippen LogP contribution in [0.2, 0.25) is 0 Å². The second-order valence-corrected chi connectivity index (χ2v) is 5.40. The molecule has 0 saturated carbocycles. The van der Waals surface area contributed by atoms with Crippen LogP contribution < -0.4 is 14.8 Å². The number of hydrogen-bond acceptors (Lipinski definition) is 6. The molecule has 8 heteroatoms. The highest BCUT2D eigenvalue weighted by Gasteiger charge is 2.15. The smallest absolute Gasteiger partial charge is 0.322 e. The van der Waals surface area contributed by atoms with Gasteiger partial charge in [-0.05, 0) is 50.2 Å². The molecule has 1 heterocycles. The Balaban J connectivity index is 1.79. The molecule has 2 aromatic carbocycles. The molecule has 0 aliphatic rings. The molecule has 3 aromatic rings. The molecule has 0 radical (unpaired) electrons. The van der Waals surface area contributed by atoms with Crippen LogP contribution >= 0.6 is 0 Å². The molecule has 1 N–H and O–H groups in total. The fourth-order valence-electron chi connectivity index (χ4n) is 2.37. The quantitative estimate of drug-likeness (QED) is 0.677. The van der Waals surface area contributed by atoms with E-state index in [1.54, 1.807) is 18.2 Å². The van der Waals surface area contributed by atoms with E-state index >= 15 is 0 Å². The zero-order valence-corrected chi connectivity index (χ0v) is 14.9. The van der Waals surface area contributed by atoms with Crippen molar-refractivity contribution in [1.29, 1.82) is 0 Å². The van der Waals surface area contributed by atoms with Crippen LogP contribution in [0.3, 0.4) is 0 Å². The van der Waals surface area contributed by atoms with Crippen LogP contribution in [0.25, 0.3) is 11.5 Å². The number of anilines is 1. The number of nitrogens with zero attached hydrogens (tertiary/aromatic N) is 2. The number of carbonyl (C=O) groups is 1. The van der Waals surface area contributed by atoms with E-state index in [9.17, 15) is 9.18 Å². The first-order valence-corrected chi connectivity index (χ1v) is 8.41. The largest absolute Gasteiger partial charge is 0.490 e. The monoisotopic (exact) mass is 371 g/mol. The van der Waals surface area contributed by atoms with Crippen LogP contribution in [0.4, 0.5) is 10.4 Å². The fraction of sp³-hybridized carbons (Fsp3) is 0.211. The molecule has 27 heavy (non-hydrogen) atoms. The van der Waals surface area contributed by atoms with Crippen molar-refractivity contribution in [3.05, 3.63) is 53.8 Å². The highest BCUT2D eigenvalue weighted by Crippen LogP contribution is 2.32. The van der Waals surface area contributed by atoms with Gasteiger partial charge in [-0.3, -0.25) is 10.1 Å². The van der Waals surface area contributed by atoms with Gasteiger partial charge in [-0.1, -0.05) is 11.2 Å². The van der Waals surface area contributed by atoms with E-state index in [1.807, 2.05) is 13.8 Å². The van der Waals surface area contributed by atoms with Crippen molar-refractivity contribution in [2.24, 2.45) is 0 Å². The Morgan fingerprint density at radius 1 is 1.07 bits per heavy atom. The molecule has 0 saturated heterocycles. The van der Waals surface area contributed by atoms with Gasteiger partial charge in [-0.15, -0.1) is 5.10 Å². The third kappa shape index (κ3) is 4.41. The number of rotatable bonds is 7. The van der Waals surface area contributed by atoms with Crippen LogP contribution in [0.1, 0.15) is 24.2 Å². The van der Waals surface area contributed by atoms with E-state index in [0.717, 1.165) is 6.07 Å². The maximum Gasteiger partial charge on any atom is 0.322 e. The Labute approximate surface area is 155 Å². The third-order valence-corrected chi connectivity index (χ3v) is 3.52. The molecule has 1 aromatic heterocycles. The van der Waals surface area contributed by atoms with Crippen LogP contribution in [-0.2, 0) is 0 Å². The SMILES string of the molecule is CCOc1ccc(-c2nnc(NC(=O)c3cccc(F)c3)o2)cc1OCC. The number of benzene rings is 2. The highest BCUT2D eigenvalue weighted by atomic mass is 19.1. The van der Waals surface area contributed by atoms with Crippen molar-refractivity contribution in [2.45, 2.75) is 13.8 Å². The molecule has 0 aliphatic carbocycles. The van der Waals surface area contributed by atoms with Gasteiger partial charge in [0.05, 0.1) is 13.2 Å². The lowest BCUT2D eigenvalue weighted by atomic mass is 10.2. The summed E-state index contributed by atoms with van der Waals surface area (Å²) < 4.78 is 29.8. The number of hydrogen-bond donors (Lipinski definition) is 1. The Bertz CT molecular complexity index is 942. The van der Waals surface area contributed by atoms with Crippen molar-refractivity contribution < 1.29 is 23.1 Å². The number of amides is 1. The lowest BCUT2D eigenvalue weighted by Crippen LogP contribution is -2.12. The first-order chi connectivity index (χ1) is 13.1. The Hall–Kier alpha value is -3.42. The minimum absolute atomic E-state index is 0.0916. The van der Waals surface area contributed by atoms with E-state index in [4.69, 9.17) is 13.9 Å². The molecule has 0 bridgehead atoms. The lowest BCUT2D eigenvalue weighted by Gasteiger charge is -2.11. The summed E-state index contributed by atoms with van der Waals surface area (Å²) >= 11 is 0. The zero-order valence-electron chi connectivity index (χ0n) is 14.9. The third-order valence-electron chi connectivity index (χ3n) is 3.52. The lowest BCUT2D eigenvalue weighted by molar-refractivity contribution is 0.102. The minimum atomic E-state index is -0.550. The fourth-order valence-corrected chi connectivity index (χ4v) is 2.37. The Morgan fingerprint density at radius 2 is 1.85 bits per heavy atom. The molecule has 0 spiro atoms. The van der Waals surface area contributed by atoms with Crippen molar-refractivity contribution in [1.82, 2.24) is 10.2 Å². The molecule has 7 nitrogen and oxygen atoms in total. The Morgan fingerprint density at radius 3 is 2.59 bits per heavy atom. The van der Waals surface area contributed by atoms with Crippen LogP contribution in [0, 0.1) is 5.82 Å². The van der Waals surface area contributed by atoms with Crippen molar-refractivity contribution in [3.63, 3.8) is 0 Å². The zero-order chi connectivity index (χ0) is 19.2. The predicted octanol–water partition coefficient (Wildman–Crippen LogP) is 3.93. The molecule has 0 unspecified atom stereocenters. The molecule has 0 aliphatic heterocycles. The first-order valence-electron chi connectivity index (χ1n) is 8.41. The highest BCUT2D eigenvalue weighted by molar-refractivity contribution is 6.03. The first kappa shape index (κ1) is 18.4. The molecular formula is C19H18FN3O4. The predicted molar refractivity (Wildman–Crippen MR) is 96.4 cm³/mol. The second-order valence-electron chi connectivity index (χ2n) is 5.40. The van der Waals surface area contributed by atoms with E-state index in [-0.39, 0.29) is 17.5 Å². The van der Waals surface area contributed by atoms with Gasteiger partial charge in [-0.25, -0.2) is 4.39 Å². The van der Waals surface area contributed by atoms with Crippen molar-refractivity contribution in [2.75, 3.05) is 18.5 Å². The Kier molecular flexibility index (Phi) is 5.65. The van der Waals surface area contributed by atoms with Gasteiger partial charge in [0.25, 0.3) is 5.91 Å². The normalized spacial score (nSPS) is 10.5. The summed E-state index contributed by atoms with van der Waals surface area (Å²) in [6.07, 6.45) is 0. The van der Waals surface area contributed by atoms with Crippen molar-refractivity contribution in [3.8, 4) is 23.0 Å². The van der Waals surface area contributed by atoms with Gasteiger partial charge in [0, 0.05) is 11.1 Å². The van der Waals surface area contributed by atoms with Gasteiger partial charge in [0.2, 0.25) is 5.89 Å². The average Bonchev–Trinajstić information content (AvgIpc) is 3.12. The van der Waals surface area contributed by atoms with Gasteiger partial charge in [-0.2, -0.15) is 0 Å². The average molecular weight is 371 g/mol. The molecule has 1 amide bonds. The standard InChI is InChI=1S/C19H18FN3O4/c1-3-25-15-9-8-13(11-16(15)26-4-2)18-22-23-19(27-18)21-17(24)12-6-5-7-14(20)10-12/h5-11H,3-4H2,1-2H3,(H,21,23,24). The summed E-state index contributed by atoms with van der Waals surface area (Å²) in [5.74, 6) is 0.314. The van der Waals surface area contributed by atoms with Gasteiger partial charge in [0.1, 0.15) is 5.82 Å². The van der Waals surface area contributed by atoms with E-state index < -0.39 is 11.7 Å². The molecule has 140 valence electrons. The molecule has 0 atom stereocenters. The van der Waals surface area contributed by atoms with Gasteiger partial charge >= 0.3 is 6.01 Å². The van der Waals surface area contributed by atoms with Crippen molar-refractivity contribution >= 4 is 11.9 Å². The molecule has 0 fully saturated rings. The number of halogens is 1. The van der Waals surface area contributed by atoms with E-state index in [2.05, 4.69) is 15.5 Å². The molecule has 3 rings (SSSR count). The topological polar surface area (TPSA) is 86.5 Å². The summed E-state index contributed by atoms with van der Waals surface area (Å²) in [5, 5.41) is 10.2. The summed E-state index contributed by atoms with van der Waals surface area (Å²) in [4.78, 5) is 12.1. The number of carbonyl (C=O) groups excluding carboxylic acids is 1. The summed E-state index contributed by atoms with van der Waals surface area (Å²) in [5.41, 5.74) is 0.759. The van der Waals surface area contributed by atoms with E-state index in [0.29, 0.717) is 30.3 Å². The number of aromatic nitrogens is 2. The van der Waals surface area contributed by atoms with Crippen LogP contribution in [-0.4, -0.2) is 29.3 Å². The number of nitrogens with one attached hydrogen (secondary N) is 1. The minimum Gasteiger partial charge on any atom is -0.490 e. The van der Waals surface area contributed by atoms with E-state index in [1.165, 1.54) is 18.2 Å². The summed E-state index contributed by atoms with van der Waals surface area (Å²) in [6.45, 7) is 4.74. The number of ether oxygens (including phenoxy) is 2. The van der Waals surface area contributed by atoms with Gasteiger partial charge < -0.3 is 13.9 Å². The van der Waals surface area contributed by atoms with Crippen LogP contribution in [0.5, 0.6) is 11.5 Å². The van der Waals surface area contributed by atoms with Gasteiger partial charge in [0.15, 0.2) is 11.5 Å². The second kappa shape index (κ2) is 8.31. The summed E-state index contributed by atoms with van der Waals surface area (Å²) in [6, 6.07) is 10.4. The summed E-state index contributed by atoms with van der Waals surface area (Å²) in [7, 11) is 0.